The van der Waals surface area contributed by atoms with Gasteiger partial charge < -0.3 is 5.32 Å². The first kappa shape index (κ1) is 13.9. The third-order valence-electron chi connectivity index (χ3n) is 3.60. The molecular weight excluding hydrogens is 282 g/mol. The van der Waals surface area contributed by atoms with E-state index in [4.69, 9.17) is 11.6 Å². The first-order valence-corrected chi connectivity index (χ1v) is 7.31. The van der Waals surface area contributed by atoms with Gasteiger partial charge in [-0.3, -0.25) is 4.79 Å². The minimum atomic E-state index is 0.210. The molecule has 0 bridgehead atoms. The lowest BCUT2D eigenvalue weighted by Gasteiger charge is -2.05. The van der Waals surface area contributed by atoms with Crippen molar-refractivity contribution in [3.05, 3.63) is 76.5 Å². The molecule has 0 aromatic heterocycles. The van der Waals surface area contributed by atoms with Gasteiger partial charge >= 0.3 is 0 Å². The van der Waals surface area contributed by atoms with Gasteiger partial charge in [0.05, 0.1) is 0 Å². The molecule has 0 saturated carbocycles. The van der Waals surface area contributed by atoms with E-state index < -0.39 is 0 Å². The first-order chi connectivity index (χ1) is 10.1. The van der Waals surface area contributed by atoms with Crippen LogP contribution in [0, 0.1) is 0 Å². The predicted molar refractivity (Wildman–Crippen MR) is 86.8 cm³/mol. The van der Waals surface area contributed by atoms with Crippen molar-refractivity contribution in [2.45, 2.75) is 19.3 Å². The molecule has 0 atom stereocenters. The summed E-state index contributed by atoms with van der Waals surface area (Å²) in [6.07, 6.45) is 1.75. The molecule has 0 unspecified atom stereocenters. The van der Waals surface area contributed by atoms with Crippen LogP contribution in [-0.2, 0) is 24.1 Å². The Morgan fingerprint density at radius 2 is 1.76 bits per heavy atom. The third kappa shape index (κ3) is 3.34. The second-order valence-corrected chi connectivity index (χ2v) is 5.85. The highest BCUT2D eigenvalue weighted by molar-refractivity contribution is 6.30. The van der Waals surface area contributed by atoms with E-state index in [1.54, 1.807) is 0 Å². The van der Waals surface area contributed by atoms with Crippen molar-refractivity contribution in [1.29, 1.82) is 0 Å². The van der Waals surface area contributed by atoms with Crippen LogP contribution in [0.25, 0.3) is 0 Å². The monoisotopic (exact) mass is 297 g/mol. The molecule has 2 aromatic rings. The molecule has 0 saturated heterocycles. The van der Waals surface area contributed by atoms with Crippen molar-refractivity contribution in [3.8, 4) is 0 Å². The third-order valence-corrected chi connectivity index (χ3v) is 3.85. The summed E-state index contributed by atoms with van der Waals surface area (Å²) in [7, 11) is 0. The van der Waals surface area contributed by atoms with Gasteiger partial charge in [0.25, 0.3) is 0 Å². The van der Waals surface area contributed by atoms with Crippen LogP contribution in [0.1, 0.15) is 16.7 Å². The molecule has 3 rings (SSSR count). The molecule has 3 heteroatoms. The zero-order valence-electron chi connectivity index (χ0n) is 11.7. The number of nitrogens with one attached hydrogen (secondary N) is 1. The van der Waals surface area contributed by atoms with Gasteiger partial charge in [0.15, 0.2) is 0 Å². The zero-order valence-corrected chi connectivity index (χ0v) is 12.4. The molecule has 2 nitrogen and oxygen atoms in total. The number of allylic oxidation sites excluding steroid dienone is 1. The van der Waals surface area contributed by atoms with Crippen LogP contribution in [0.4, 0.5) is 5.69 Å². The Morgan fingerprint density at radius 1 is 1.10 bits per heavy atom. The Balaban J connectivity index is 1.66. The molecule has 0 radical (unpaired) electrons. The van der Waals surface area contributed by atoms with E-state index in [0.29, 0.717) is 17.9 Å². The standard InChI is InChI=1S/C18H16ClNO/c1-12-8-15-9-14(4-7-18(15)20-12)11-17(21)10-13-2-5-16(19)6-3-13/h2-7,9,20H,1,8,10-11H2. The highest BCUT2D eigenvalue weighted by atomic mass is 35.5. The smallest absolute Gasteiger partial charge is 0.141 e. The van der Waals surface area contributed by atoms with Gasteiger partial charge in [0.2, 0.25) is 0 Å². The van der Waals surface area contributed by atoms with Gasteiger partial charge in [-0.2, -0.15) is 0 Å². The maximum absolute atomic E-state index is 12.2. The Kier molecular flexibility index (Phi) is 3.80. The van der Waals surface area contributed by atoms with Crippen LogP contribution in [-0.4, -0.2) is 5.78 Å². The average molecular weight is 298 g/mol. The molecule has 0 amide bonds. The normalized spacial score (nSPS) is 12.9. The summed E-state index contributed by atoms with van der Waals surface area (Å²) >= 11 is 5.85. The van der Waals surface area contributed by atoms with Crippen molar-refractivity contribution in [1.82, 2.24) is 0 Å². The van der Waals surface area contributed by atoms with Crippen LogP contribution in [0.15, 0.2) is 54.7 Å². The minimum absolute atomic E-state index is 0.210. The van der Waals surface area contributed by atoms with Gasteiger partial charge in [-0.05, 0) is 34.9 Å². The Hall–Kier alpha value is -2.06. The number of benzene rings is 2. The molecule has 21 heavy (non-hydrogen) atoms. The second kappa shape index (κ2) is 5.74. The maximum Gasteiger partial charge on any atom is 0.141 e. The van der Waals surface area contributed by atoms with Crippen molar-refractivity contribution >= 4 is 23.1 Å². The summed E-state index contributed by atoms with van der Waals surface area (Å²) in [6, 6.07) is 13.6. The van der Waals surface area contributed by atoms with Crippen molar-refractivity contribution in [2.75, 3.05) is 5.32 Å². The fourth-order valence-electron chi connectivity index (χ4n) is 2.61. The van der Waals surface area contributed by atoms with Gasteiger partial charge in [-0.25, -0.2) is 0 Å². The SMILES string of the molecule is C=C1Cc2cc(CC(=O)Cc3ccc(Cl)cc3)ccc2N1. The molecule has 0 aliphatic carbocycles. The molecule has 1 N–H and O–H groups in total. The fraction of sp³-hybridized carbons (Fsp3) is 0.167. The quantitative estimate of drug-likeness (QED) is 0.917. The number of hydrogen-bond acceptors (Lipinski definition) is 2. The lowest BCUT2D eigenvalue weighted by molar-refractivity contribution is -0.117. The minimum Gasteiger partial charge on any atom is -0.359 e. The van der Waals surface area contributed by atoms with Crippen molar-refractivity contribution in [3.63, 3.8) is 0 Å². The average Bonchev–Trinajstić information content (AvgIpc) is 2.80. The van der Waals surface area contributed by atoms with Crippen molar-refractivity contribution < 1.29 is 4.79 Å². The number of Topliss-reactive ketones (excluding diaryl/α,β-unsaturated/α-hetero) is 1. The van der Waals surface area contributed by atoms with E-state index in [0.717, 1.165) is 28.9 Å². The van der Waals surface area contributed by atoms with Crippen LogP contribution in [0.5, 0.6) is 0 Å². The van der Waals surface area contributed by atoms with E-state index in [1.807, 2.05) is 36.4 Å². The van der Waals surface area contributed by atoms with Crippen LogP contribution in [0.3, 0.4) is 0 Å². The zero-order chi connectivity index (χ0) is 14.8. The van der Waals surface area contributed by atoms with Crippen LogP contribution >= 0.6 is 11.6 Å². The van der Waals surface area contributed by atoms with Crippen LogP contribution in [0.2, 0.25) is 5.02 Å². The van der Waals surface area contributed by atoms with E-state index in [9.17, 15) is 4.79 Å². The second-order valence-electron chi connectivity index (χ2n) is 5.42. The Morgan fingerprint density at radius 3 is 2.52 bits per heavy atom. The lowest BCUT2D eigenvalue weighted by Crippen LogP contribution is -2.06. The largest absolute Gasteiger partial charge is 0.359 e. The first-order valence-electron chi connectivity index (χ1n) is 6.93. The number of halogens is 1. The van der Waals surface area contributed by atoms with Gasteiger partial charge in [0.1, 0.15) is 5.78 Å². The number of rotatable bonds is 4. The highest BCUT2D eigenvalue weighted by Gasteiger charge is 2.14. The van der Waals surface area contributed by atoms with E-state index in [-0.39, 0.29) is 5.78 Å². The fourth-order valence-corrected chi connectivity index (χ4v) is 2.74. The van der Waals surface area contributed by atoms with E-state index in [1.165, 1.54) is 5.56 Å². The number of carbonyl (C=O) groups is 1. The number of anilines is 1. The topological polar surface area (TPSA) is 29.1 Å². The number of carbonyl (C=O) groups excluding carboxylic acids is 1. The number of hydrogen-bond donors (Lipinski definition) is 1. The predicted octanol–water partition coefficient (Wildman–Crippen LogP) is 4.18. The summed E-state index contributed by atoms with van der Waals surface area (Å²) in [4.78, 5) is 12.2. The summed E-state index contributed by atoms with van der Waals surface area (Å²) in [6.45, 7) is 3.93. The molecule has 0 fully saturated rings. The van der Waals surface area contributed by atoms with Crippen LogP contribution < -0.4 is 5.32 Å². The highest BCUT2D eigenvalue weighted by Crippen LogP contribution is 2.28. The molecule has 2 aromatic carbocycles. The Labute approximate surface area is 129 Å². The molecule has 1 aliphatic heterocycles. The lowest BCUT2D eigenvalue weighted by atomic mass is 10.0. The van der Waals surface area contributed by atoms with E-state index in [2.05, 4.69) is 18.0 Å². The van der Waals surface area contributed by atoms with E-state index >= 15 is 0 Å². The summed E-state index contributed by atoms with van der Waals surface area (Å²) in [5.41, 5.74) is 5.39. The van der Waals surface area contributed by atoms with Crippen molar-refractivity contribution in [2.24, 2.45) is 0 Å². The number of ketones is 1. The molecule has 106 valence electrons. The summed E-state index contributed by atoms with van der Waals surface area (Å²) < 4.78 is 0. The molecular formula is C18H16ClNO. The summed E-state index contributed by atoms with van der Waals surface area (Å²) in [5, 5.41) is 3.92. The molecule has 0 spiro atoms. The van der Waals surface area contributed by atoms with Gasteiger partial charge in [-0.15, -0.1) is 0 Å². The van der Waals surface area contributed by atoms with Gasteiger partial charge in [-0.1, -0.05) is 42.4 Å². The maximum atomic E-state index is 12.2. The summed E-state index contributed by atoms with van der Waals surface area (Å²) in [5.74, 6) is 0.210. The molecule has 1 aliphatic rings. The number of fused-ring (bicyclic) bond motifs is 1. The van der Waals surface area contributed by atoms with Gasteiger partial charge in [0, 0.05) is 35.7 Å². The Bertz CT molecular complexity index is 704. The molecule has 1 heterocycles.